The molecule has 0 atom stereocenters. The monoisotopic (exact) mass is 496 g/mol. The summed E-state index contributed by atoms with van der Waals surface area (Å²) < 4.78 is 23.3. The van der Waals surface area contributed by atoms with Crippen molar-refractivity contribution in [3.63, 3.8) is 0 Å². The van der Waals surface area contributed by atoms with Gasteiger partial charge in [-0.15, -0.1) is 24.0 Å². The zero-order valence-electron chi connectivity index (χ0n) is 16.0. The van der Waals surface area contributed by atoms with Crippen molar-refractivity contribution in [1.82, 2.24) is 15.5 Å². The highest BCUT2D eigenvalue weighted by Gasteiger charge is 2.11. The first kappa shape index (κ1) is 24.6. The third-order valence-electron chi connectivity index (χ3n) is 3.51. The molecule has 0 unspecified atom stereocenters. The lowest BCUT2D eigenvalue weighted by atomic mass is 10.1. The summed E-state index contributed by atoms with van der Waals surface area (Å²) in [4.78, 5) is 18.0. The van der Waals surface area contributed by atoms with Gasteiger partial charge < -0.3 is 15.5 Å². The van der Waals surface area contributed by atoms with Crippen LogP contribution in [0.15, 0.2) is 28.1 Å². The Morgan fingerprint density at radius 3 is 2.38 bits per heavy atom. The van der Waals surface area contributed by atoms with E-state index in [1.807, 2.05) is 13.0 Å². The number of aliphatic imine (C=N–C) groups is 1. The summed E-state index contributed by atoms with van der Waals surface area (Å²) in [5.41, 5.74) is 1.61. The number of halogens is 1. The fraction of sp³-hybridized carbons (Fsp3) is 0.529. The van der Waals surface area contributed by atoms with E-state index >= 15 is 0 Å². The number of benzene rings is 1. The van der Waals surface area contributed by atoms with Crippen LogP contribution < -0.4 is 10.6 Å². The maximum atomic E-state index is 11.7. The first-order valence-corrected chi connectivity index (χ1v) is 10.1. The van der Waals surface area contributed by atoms with Crippen LogP contribution in [0.3, 0.4) is 0 Å². The topological polar surface area (TPSA) is 90.9 Å². The van der Waals surface area contributed by atoms with Crippen molar-refractivity contribution in [2.45, 2.75) is 31.7 Å². The molecule has 0 aromatic heterocycles. The number of nitrogens with one attached hydrogen (secondary N) is 2. The van der Waals surface area contributed by atoms with Gasteiger partial charge in [0.25, 0.3) is 0 Å². The Labute approximate surface area is 173 Å². The Morgan fingerprint density at radius 2 is 1.88 bits per heavy atom. The van der Waals surface area contributed by atoms with Gasteiger partial charge in [0, 0.05) is 26.9 Å². The molecule has 0 saturated carbocycles. The molecule has 148 valence electrons. The highest BCUT2D eigenvalue weighted by Crippen LogP contribution is 2.17. The molecule has 7 nitrogen and oxygen atoms in total. The fourth-order valence-electron chi connectivity index (χ4n) is 2.13. The zero-order valence-corrected chi connectivity index (χ0v) is 19.1. The van der Waals surface area contributed by atoms with Crippen molar-refractivity contribution < 1.29 is 13.2 Å². The van der Waals surface area contributed by atoms with E-state index in [9.17, 15) is 13.2 Å². The van der Waals surface area contributed by atoms with Crippen molar-refractivity contribution in [2.75, 3.05) is 33.4 Å². The van der Waals surface area contributed by atoms with Gasteiger partial charge in [0.05, 0.1) is 18.0 Å². The van der Waals surface area contributed by atoms with Gasteiger partial charge >= 0.3 is 0 Å². The Bertz CT molecular complexity index is 734. The first-order chi connectivity index (χ1) is 11.6. The number of sulfone groups is 1. The average Bonchev–Trinajstić information content (AvgIpc) is 2.52. The number of likely N-dealkylation sites (N-methyl/N-ethyl adjacent to an activating group) is 1. The van der Waals surface area contributed by atoms with Gasteiger partial charge in [-0.3, -0.25) is 4.79 Å². The van der Waals surface area contributed by atoms with Crippen molar-refractivity contribution >= 4 is 45.7 Å². The van der Waals surface area contributed by atoms with E-state index in [1.54, 1.807) is 33.2 Å². The van der Waals surface area contributed by atoms with Crippen molar-refractivity contribution in [3.05, 3.63) is 29.3 Å². The second-order valence-electron chi connectivity index (χ2n) is 6.11. The van der Waals surface area contributed by atoms with Crippen LogP contribution in [-0.2, 0) is 21.2 Å². The highest BCUT2D eigenvalue weighted by atomic mass is 127. The maximum Gasteiger partial charge on any atom is 0.241 e. The second-order valence-corrected chi connectivity index (χ2v) is 8.09. The van der Waals surface area contributed by atoms with E-state index in [1.165, 1.54) is 11.2 Å². The molecular formula is C17H29IN4O3S. The van der Waals surface area contributed by atoms with Crippen LogP contribution in [0.25, 0.3) is 0 Å². The molecule has 1 rings (SSSR count). The molecule has 0 spiro atoms. The minimum absolute atomic E-state index is 0. The Morgan fingerprint density at radius 1 is 1.23 bits per heavy atom. The summed E-state index contributed by atoms with van der Waals surface area (Å²) >= 11 is 0. The van der Waals surface area contributed by atoms with Crippen LogP contribution in [0.1, 0.15) is 24.5 Å². The number of guanidine groups is 1. The summed E-state index contributed by atoms with van der Waals surface area (Å²) in [6.07, 6.45) is 2.14. The molecule has 0 aliphatic rings. The Balaban J connectivity index is 0.00000625. The number of rotatable bonds is 7. The lowest BCUT2D eigenvalue weighted by molar-refractivity contribution is -0.127. The number of hydrogen-bond acceptors (Lipinski definition) is 4. The number of carbonyl (C=O) groups excluding carboxylic acids is 1. The Kier molecular flexibility index (Phi) is 10.8. The maximum absolute atomic E-state index is 11.7. The molecule has 9 heteroatoms. The number of amides is 1. The molecule has 0 fully saturated rings. The van der Waals surface area contributed by atoms with Gasteiger partial charge in [0.2, 0.25) is 5.91 Å². The summed E-state index contributed by atoms with van der Waals surface area (Å²) in [6, 6.07) is 5.19. The van der Waals surface area contributed by atoms with Crippen LogP contribution >= 0.6 is 24.0 Å². The molecule has 0 radical (unpaired) electrons. The molecule has 26 heavy (non-hydrogen) atoms. The van der Waals surface area contributed by atoms with E-state index in [0.29, 0.717) is 23.0 Å². The number of aryl methyl sites for hydroxylation is 1. The van der Waals surface area contributed by atoms with E-state index in [-0.39, 0.29) is 36.4 Å². The summed E-state index contributed by atoms with van der Waals surface area (Å²) in [5, 5.41) is 6.16. The number of nitrogens with zero attached hydrogens (tertiary/aromatic N) is 2. The second kappa shape index (κ2) is 11.4. The largest absolute Gasteiger partial charge is 0.356 e. The van der Waals surface area contributed by atoms with E-state index in [4.69, 9.17) is 0 Å². The molecule has 1 amide bonds. The molecule has 0 aliphatic heterocycles. The van der Waals surface area contributed by atoms with Crippen LogP contribution in [0, 0.1) is 6.92 Å². The normalized spacial score (nSPS) is 11.5. The summed E-state index contributed by atoms with van der Waals surface area (Å²) in [6.45, 7) is 5.11. The van der Waals surface area contributed by atoms with Gasteiger partial charge in [-0.25, -0.2) is 13.4 Å². The van der Waals surface area contributed by atoms with Gasteiger partial charge in [-0.05, 0) is 30.5 Å². The average molecular weight is 496 g/mol. The van der Waals surface area contributed by atoms with Crippen molar-refractivity contribution in [1.29, 1.82) is 0 Å². The molecule has 2 N–H and O–H groups in total. The minimum atomic E-state index is -3.22. The minimum Gasteiger partial charge on any atom is -0.356 e. The van der Waals surface area contributed by atoms with E-state index in [2.05, 4.69) is 15.6 Å². The molecule has 0 aliphatic carbocycles. The van der Waals surface area contributed by atoms with Crippen LogP contribution in [0.5, 0.6) is 0 Å². The molecular weight excluding hydrogens is 467 g/mol. The van der Waals surface area contributed by atoms with E-state index < -0.39 is 9.84 Å². The first-order valence-electron chi connectivity index (χ1n) is 8.17. The third kappa shape index (κ3) is 8.35. The molecule has 0 heterocycles. The number of hydrogen-bond donors (Lipinski definition) is 2. The summed E-state index contributed by atoms with van der Waals surface area (Å²) in [7, 11) is 0.179. The lowest BCUT2D eigenvalue weighted by Gasteiger charge is -2.14. The van der Waals surface area contributed by atoms with Gasteiger partial charge in [0.15, 0.2) is 15.8 Å². The summed E-state index contributed by atoms with van der Waals surface area (Å²) in [5.74, 6) is 0.515. The van der Waals surface area contributed by atoms with E-state index in [0.717, 1.165) is 18.5 Å². The fourth-order valence-corrected chi connectivity index (χ4v) is 3.09. The van der Waals surface area contributed by atoms with Crippen LogP contribution in [-0.4, -0.2) is 58.6 Å². The number of carbonyl (C=O) groups is 1. The molecule has 1 aromatic carbocycles. The predicted molar refractivity (Wildman–Crippen MR) is 116 cm³/mol. The van der Waals surface area contributed by atoms with Crippen LogP contribution in [0.4, 0.5) is 0 Å². The van der Waals surface area contributed by atoms with Crippen molar-refractivity contribution in [2.24, 2.45) is 4.99 Å². The SMILES string of the molecule is CCCNC(=NCc1ccc(S(C)(=O)=O)c(C)c1)NCC(=O)N(C)C.I. The third-order valence-corrected chi connectivity index (χ3v) is 4.76. The smallest absolute Gasteiger partial charge is 0.241 e. The molecule has 1 aromatic rings. The predicted octanol–water partition coefficient (Wildman–Crippen LogP) is 1.55. The van der Waals surface area contributed by atoms with Crippen molar-refractivity contribution in [3.8, 4) is 0 Å². The highest BCUT2D eigenvalue weighted by molar-refractivity contribution is 14.0. The zero-order chi connectivity index (χ0) is 19.0. The van der Waals surface area contributed by atoms with Gasteiger partial charge in [-0.1, -0.05) is 19.1 Å². The van der Waals surface area contributed by atoms with Gasteiger partial charge in [-0.2, -0.15) is 0 Å². The standard InChI is InChI=1S/C17H28N4O3S.HI/c1-6-9-18-17(20-12-16(22)21(3)4)19-11-14-7-8-15(13(2)10-14)25(5,23)24;/h7-8,10H,6,9,11-12H2,1-5H3,(H2,18,19,20);1H. The molecule has 0 bridgehead atoms. The quantitative estimate of drug-likeness (QED) is 0.340. The Hall–Kier alpha value is -1.36. The van der Waals surface area contributed by atoms with Gasteiger partial charge in [0.1, 0.15) is 0 Å². The molecule has 0 saturated heterocycles. The lowest BCUT2D eigenvalue weighted by Crippen LogP contribution is -2.43. The van der Waals surface area contributed by atoms with Crippen LogP contribution in [0.2, 0.25) is 0 Å².